The Morgan fingerprint density at radius 1 is 1.36 bits per heavy atom. The summed E-state index contributed by atoms with van der Waals surface area (Å²) >= 11 is 1.39. The van der Waals surface area contributed by atoms with Crippen LogP contribution < -0.4 is 17.1 Å². The number of nitrogens with one attached hydrogen (secondary N) is 1. The van der Waals surface area contributed by atoms with Gasteiger partial charge in [0, 0.05) is 4.88 Å². The van der Waals surface area contributed by atoms with Crippen molar-refractivity contribution in [2.24, 2.45) is 0 Å². The zero-order chi connectivity index (χ0) is 10.5. The molecule has 0 aromatic carbocycles. The van der Waals surface area contributed by atoms with Crippen molar-refractivity contribution in [2.75, 3.05) is 5.84 Å². The van der Waals surface area contributed by atoms with E-state index in [2.05, 4.69) is 4.98 Å². The van der Waals surface area contributed by atoms with Gasteiger partial charge in [0.2, 0.25) is 0 Å². The van der Waals surface area contributed by atoms with E-state index in [0.29, 0.717) is 14.9 Å². The molecule has 0 unspecified atom stereocenters. The lowest BCUT2D eigenvalue weighted by Gasteiger charge is -1.95. The van der Waals surface area contributed by atoms with Gasteiger partial charge in [0.1, 0.15) is 4.83 Å². The Labute approximate surface area is 82.8 Å². The van der Waals surface area contributed by atoms with Crippen LogP contribution in [0.1, 0.15) is 10.4 Å². The summed E-state index contributed by atoms with van der Waals surface area (Å²) in [5.74, 6) is 5.29. The molecule has 0 fully saturated rings. The van der Waals surface area contributed by atoms with Gasteiger partial charge >= 0.3 is 5.69 Å². The third-order valence-corrected chi connectivity index (χ3v) is 3.38. The maximum Gasteiger partial charge on any atom is 0.348 e. The van der Waals surface area contributed by atoms with Crippen LogP contribution in [0.5, 0.6) is 0 Å². The van der Waals surface area contributed by atoms with E-state index >= 15 is 0 Å². The number of nitrogen functional groups attached to an aromatic ring is 1. The van der Waals surface area contributed by atoms with Crippen molar-refractivity contribution in [1.82, 2.24) is 9.66 Å². The number of aromatic amines is 1. The van der Waals surface area contributed by atoms with Gasteiger partial charge in [-0.2, -0.15) is 4.68 Å². The van der Waals surface area contributed by atoms with E-state index in [1.54, 1.807) is 0 Å². The predicted molar refractivity (Wildman–Crippen MR) is 56.3 cm³/mol. The molecule has 0 atom stereocenters. The topological polar surface area (TPSA) is 80.9 Å². The number of hydrogen-bond donors (Lipinski definition) is 2. The molecule has 0 aliphatic heterocycles. The minimum atomic E-state index is -0.580. The average molecular weight is 211 g/mol. The van der Waals surface area contributed by atoms with E-state index in [9.17, 15) is 9.59 Å². The van der Waals surface area contributed by atoms with Crippen molar-refractivity contribution >= 4 is 21.6 Å². The van der Waals surface area contributed by atoms with Crippen LogP contribution in [0.25, 0.3) is 10.2 Å². The summed E-state index contributed by atoms with van der Waals surface area (Å²) < 4.78 is 0.599. The number of nitrogens with zero attached hydrogens (tertiary/aromatic N) is 1. The van der Waals surface area contributed by atoms with Gasteiger partial charge < -0.3 is 5.84 Å². The van der Waals surface area contributed by atoms with Crippen LogP contribution in [-0.4, -0.2) is 9.66 Å². The number of aromatic nitrogens is 2. The molecule has 2 aromatic heterocycles. The first-order chi connectivity index (χ1) is 6.52. The molecule has 0 aliphatic carbocycles. The second-order valence-corrected chi connectivity index (χ2v) is 4.32. The number of thiophene rings is 1. The third-order valence-electron chi connectivity index (χ3n) is 2.26. The average Bonchev–Trinajstić information content (AvgIpc) is 2.39. The summed E-state index contributed by atoms with van der Waals surface area (Å²) in [5, 5.41) is 0.509. The largest absolute Gasteiger partial charge is 0.348 e. The molecule has 14 heavy (non-hydrogen) atoms. The summed E-state index contributed by atoms with van der Waals surface area (Å²) in [6.45, 7) is 3.74. The third kappa shape index (κ3) is 1.00. The number of H-pyrrole nitrogens is 1. The Morgan fingerprint density at radius 2 is 2.00 bits per heavy atom. The number of rotatable bonds is 0. The monoisotopic (exact) mass is 211 g/mol. The number of hydrogen-bond acceptors (Lipinski definition) is 4. The summed E-state index contributed by atoms with van der Waals surface area (Å²) in [7, 11) is 0. The van der Waals surface area contributed by atoms with E-state index in [4.69, 9.17) is 5.84 Å². The molecule has 2 aromatic rings. The zero-order valence-electron chi connectivity index (χ0n) is 7.75. The van der Waals surface area contributed by atoms with E-state index in [-0.39, 0.29) is 0 Å². The van der Waals surface area contributed by atoms with Crippen LogP contribution in [0, 0.1) is 13.8 Å². The van der Waals surface area contributed by atoms with E-state index in [1.807, 2.05) is 13.8 Å². The Morgan fingerprint density at radius 3 is 2.64 bits per heavy atom. The van der Waals surface area contributed by atoms with E-state index in [0.717, 1.165) is 10.4 Å². The van der Waals surface area contributed by atoms with Crippen molar-refractivity contribution < 1.29 is 0 Å². The van der Waals surface area contributed by atoms with Gasteiger partial charge in [-0.1, -0.05) is 0 Å². The first-order valence-electron chi connectivity index (χ1n) is 4.02. The smallest absolute Gasteiger partial charge is 0.332 e. The fourth-order valence-electron chi connectivity index (χ4n) is 1.34. The Hall–Kier alpha value is -1.56. The predicted octanol–water partition coefficient (Wildman–Crippen LogP) is 0.0819. The quantitative estimate of drug-likeness (QED) is 0.605. The number of fused-ring (bicyclic) bond motifs is 1. The van der Waals surface area contributed by atoms with E-state index < -0.39 is 11.2 Å². The number of aryl methyl sites for hydroxylation is 2. The molecule has 0 aliphatic rings. The molecule has 2 rings (SSSR count). The lowest BCUT2D eigenvalue weighted by molar-refractivity contribution is 0.858. The fourth-order valence-corrected chi connectivity index (χ4v) is 2.38. The van der Waals surface area contributed by atoms with Crippen LogP contribution in [0.4, 0.5) is 0 Å². The van der Waals surface area contributed by atoms with Crippen molar-refractivity contribution in [3.63, 3.8) is 0 Å². The fraction of sp³-hybridized carbons (Fsp3) is 0.250. The molecule has 0 spiro atoms. The van der Waals surface area contributed by atoms with Gasteiger partial charge in [0.15, 0.2) is 0 Å². The van der Waals surface area contributed by atoms with Gasteiger partial charge in [-0.25, -0.2) is 4.79 Å². The summed E-state index contributed by atoms with van der Waals surface area (Å²) in [6.07, 6.45) is 0. The molecule has 5 nitrogen and oxygen atoms in total. The van der Waals surface area contributed by atoms with Crippen molar-refractivity contribution in [3.05, 3.63) is 31.3 Å². The van der Waals surface area contributed by atoms with Crippen molar-refractivity contribution in [2.45, 2.75) is 13.8 Å². The van der Waals surface area contributed by atoms with E-state index in [1.165, 1.54) is 11.3 Å². The lowest BCUT2D eigenvalue weighted by Crippen LogP contribution is -2.40. The molecule has 2 heterocycles. The molecule has 0 saturated carbocycles. The molecule has 74 valence electrons. The van der Waals surface area contributed by atoms with Gasteiger partial charge in [0.05, 0.1) is 5.39 Å². The normalized spacial score (nSPS) is 11.0. The summed E-state index contributed by atoms with van der Waals surface area (Å²) in [5.41, 5.74) is -0.139. The Bertz CT molecular complexity index is 620. The molecule has 3 N–H and O–H groups in total. The van der Waals surface area contributed by atoms with Gasteiger partial charge in [0.25, 0.3) is 5.56 Å². The molecule has 0 amide bonds. The molecule has 0 saturated heterocycles. The van der Waals surface area contributed by atoms with Crippen molar-refractivity contribution in [3.8, 4) is 0 Å². The summed E-state index contributed by atoms with van der Waals surface area (Å²) in [4.78, 5) is 26.9. The highest BCUT2D eigenvalue weighted by atomic mass is 32.1. The minimum absolute atomic E-state index is 0.439. The SMILES string of the molecule is Cc1sc2[nH]c(=O)n(N)c(=O)c2c1C. The van der Waals surface area contributed by atoms with Gasteiger partial charge in [-0.15, -0.1) is 11.3 Å². The highest BCUT2D eigenvalue weighted by Gasteiger charge is 2.11. The second kappa shape index (κ2) is 2.71. The first-order valence-corrected chi connectivity index (χ1v) is 4.84. The van der Waals surface area contributed by atoms with Gasteiger partial charge in [-0.3, -0.25) is 9.78 Å². The highest BCUT2D eigenvalue weighted by molar-refractivity contribution is 7.18. The highest BCUT2D eigenvalue weighted by Crippen LogP contribution is 2.24. The Kier molecular flexibility index (Phi) is 1.75. The molecule has 0 radical (unpaired) electrons. The molecule has 6 heteroatoms. The van der Waals surface area contributed by atoms with Crippen molar-refractivity contribution in [1.29, 1.82) is 0 Å². The van der Waals surface area contributed by atoms with Crippen LogP contribution in [0.2, 0.25) is 0 Å². The summed E-state index contributed by atoms with van der Waals surface area (Å²) in [6, 6.07) is 0. The van der Waals surface area contributed by atoms with Crippen LogP contribution in [-0.2, 0) is 0 Å². The first kappa shape index (κ1) is 9.01. The second-order valence-electron chi connectivity index (χ2n) is 3.09. The molecule has 0 bridgehead atoms. The Balaban J connectivity index is 3.15. The van der Waals surface area contributed by atoms with Gasteiger partial charge in [-0.05, 0) is 19.4 Å². The standard InChI is InChI=1S/C8H9N3O2S/c1-3-4(2)14-6-5(3)7(12)11(9)8(13)10-6/h9H2,1-2H3,(H,10,13). The maximum atomic E-state index is 11.6. The zero-order valence-corrected chi connectivity index (χ0v) is 8.57. The van der Waals surface area contributed by atoms with Crippen LogP contribution >= 0.6 is 11.3 Å². The number of nitrogens with two attached hydrogens (primary N) is 1. The molecular formula is C8H9N3O2S. The lowest BCUT2D eigenvalue weighted by atomic mass is 10.2. The van der Waals surface area contributed by atoms with Crippen LogP contribution in [0.15, 0.2) is 9.59 Å². The molecular weight excluding hydrogens is 202 g/mol. The van der Waals surface area contributed by atoms with Crippen LogP contribution in [0.3, 0.4) is 0 Å². The maximum absolute atomic E-state index is 11.6. The minimum Gasteiger partial charge on any atom is -0.332 e.